The molecule has 6 heteroatoms. The van der Waals surface area contributed by atoms with Gasteiger partial charge in [0.15, 0.2) is 0 Å². The standard InChI is InChI=1S/CH4N2O.CH2O2.Na/c2-1(3)4;2-1-3;/h(H4,2,3,4);1H,(H,2,3);/q;;+1/p-1. The van der Waals surface area contributed by atoms with Crippen molar-refractivity contribution in [2.45, 2.75) is 0 Å². The summed E-state index contributed by atoms with van der Waals surface area (Å²) in [5.74, 6) is 0. The first-order valence-corrected chi connectivity index (χ1v) is 1.25. The van der Waals surface area contributed by atoms with Gasteiger partial charge in [0.1, 0.15) is 0 Å². The third kappa shape index (κ3) is 1910. The second-order valence-corrected chi connectivity index (χ2v) is 0.499. The Hall–Kier alpha value is -0.260. The molecule has 4 N–H and O–H groups in total. The first-order chi connectivity index (χ1) is 3.15. The number of amides is 2. The van der Waals surface area contributed by atoms with Crippen molar-refractivity contribution in [3.05, 3.63) is 0 Å². The van der Waals surface area contributed by atoms with Gasteiger partial charge in [-0.25, -0.2) is 4.79 Å². The van der Waals surface area contributed by atoms with Crippen LogP contribution in [-0.2, 0) is 4.79 Å². The van der Waals surface area contributed by atoms with Crippen LogP contribution in [0.25, 0.3) is 0 Å². The molecular weight excluding hydrogens is 123 g/mol. The maximum absolute atomic E-state index is 9.00. The number of hydrogen-bond donors (Lipinski definition) is 2. The van der Waals surface area contributed by atoms with Gasteiger partial charge in [-0.3, -0.25) is 0 Å². The Labute approximate surface area is 68.3 Å². The number of hydrogen-bond acceptors (Lipinski definition) is 3. The topological polar surface area (TPSA) is 109 Å². The zero-order chi connectivity index (χ0) is 6.28. The van der Waals surface area contributed by atoms with Gasteiger partial charge >= 0.3 is 35.6 Å². The largest absolute Gasteiger partial charge is 1.00 e. The van der Waals surface area contributed by atoms with Crippen LogP contribution in [-0.4, -0.2) is 12.5 Å². The fourth-order valence-corrected chi connectivity index (χ4v) is 0. The van der Waals surface area contributed by atoms with Crippen LogP contribution >= 0.6 is 0 Å². The Morgan fingerprint density at radius 3 is 1.50 bits per heavy atom. The monoisotopic (exact) mass is 128 g/mol. The van der Waals surface area contributed by atoms with Crippen molar-refractivity contribution in [3.8, 4) is 0 Å². The van der Waals surface area contributed by atoms with Gasteiger partial charge in [0.2, 0.25) is 0 Å². The van der Waals surface area contributed by atoms with Crippen LogP contribution in [0.4, 0.5) is 4.79 Å². The van der Waals surface area contributed by atoms with Gasteiger partial charge in [-0.1, -0.05) is 0 Å². The molecule has 5 nitrogen and oxygen atoms in total. The van der Waals surface area contributed by atoms with Crippen LogP contribution in [0.3, 0.4) is 0 Å². The molecular formula is C2H5N2NaO3. The van der Waals surface area contributed by atoms with Crippen LogP contribution in [0.15, 0.2) is 0 Å². The van der Waals surface area contributed by atoms with Crippen molar-refractivity contribution in [1.82, 2.24) is 0 Å². The average Bonchev–Trinajstić information content (AvgIpc) is 1.33. The molecule has 0 unspecified atom stereocenters. The molecule has 0 saturated heterocycles. The molecule has 8 heavy (non-hydrogen) atoms. The predicted molar refractivity (Wildman–Crippen MR) is 19.8 cm³/mol. The van der Waals surface area contributed by atoms with Crippen molar-refractivity contribution in [3.63, 3.8) is 0 Å². The molecule has 42 valence electrons. The van der Waals surface area contributed by atoms with E-state index in [0.717, 1.165) is 0 Å². The Kier molecular flexibility index (Phi) is 31.1. The van der Waals surface area contributed by atoms with E-state index in [4.69, 9.17) is 14.7 Å². The molecule has 0 heterocycles. The zero-order valence-corrected chi connectivity index (χ0v) is 6.46. The molecule has 0 aliphatic rings. The quantitative estimate of drug-likeness (QED) is 0.250. The van der Waals surface area contributed by atoms with E-state index in [1.807, 2.05) is 0 Å². The molecule has 0 aromatic heterocycles. The summed E-state index contributed by atoms with van der Waals surface area (Å²) in [5.41, 5.74) is 8.50. The van der Waals surface area contributed by atoms with Crippen LogP contribution in [0.5, 0.6) is 0 Å². The van der Waals surface area contributed by atoms with E-state index >= 15 is 0 Å². The summed E-state index contributed by atoms with van der Waals surface area (Å²) in [6, 6.07) is -0.833. The van der Waals surface area contributed by atoms with Crippen LogP contribution in [0.2, 0.25) is 0 Å². The van der Waals surface area contributed by atoms with Crippen molar-refractivity contribution in [1.29, 1.82) is 0 Å². The van der Waals surface area contributed by atoms with Crippen molar-refractivity contribution in [2.24, 2.45) is 11.5 Å². The van der Waals surface area contributed by atoms with Crippen LogP contribution < -0.4 is 46.1 Å². The minimum Gasteiger partial charge on any atom is -0.554 e. The molecule has 0 atom stereocenters. The van der Waals surface area contributed by atoms with E-state index in [2.05, 4.69) is 11.5 Å². The third-order valence-electron chi connectivity index (χ3n) is 0. The molecule has 0 aromatic carbocycles. The molecule has 0 bridgehead atoms. The Balaban J connectivity index is -0.0000000575. The van der Waals surface area contributed by atoms with Crippen molar-refractivity contribution in [2.75, 3.05) is 0 Å². The summed E-state index contributed by atoms with van der Waals surface area (Å²) < 4.78 is 0. The zero-order valence-electron chi connectivity index (χ0n) is 4.46. The molecule has 0 aromatic rings. The number of primary amides is 2. The van der Waals surface area contributed by atoms with E-state index in [1.165, 1.54) is 0 Å². The first kappa shape index (κ1) is 15.6. The summed E-state index contributed by atoms with van der Waals surface area (Å²) in [5, 5.41) is 8.25. The molecule has 0 saturated carbocycles. The number of carbonyl (C=O) groups is 2. The Morgan fingerprint density at radius 1 is 1.50 bits per heavy atom. The second kappa shape index (κ2) is 15.9. The van der Waals surface area contributed by atoms with E-state index in [9.17, 15) is 0 Å². The molecule has 0 aliphatic heterocycles. The molecule has 2 amide bonds. The van der Waals surface area contributed by atoms with E-state index in [-0.39, 0.29) is 29.6 Å². The fourth-order valence-electron chi connectivity index (χ4n) is 0. The van der Waals surface area contributed by atoms with Gasteiger partial charge in [-0.2, -0.15) is 0 Å². The molecule has 0 fully saturated rings. The molecule has 0 aliphatic carbocycles. The van der Waals surface area contributed by atoms with Gasteiger partial charge in [-0.05, 0) is 0 Å². The van der Waals surface area contributed by atoms with Crippen molar-refractivity contribution < 1.29 is 44.3 Å². The molecule has 0 radical (unpaired) electrons. The Bertz CT molecular complexity index is 62.3. The number of carbonyl (C=O) groups excluding carboxylic acids is 2. The van der Waals surface area contributed by atoms with Gasteiger partial charge in [0.05, 0.1) is 0 Å². The fraction of sp³-hybridized carbons (Fsp3) is 0. The minimum atomic E-state index is -0.833. The normalized spacial score (nSPS) is 4.50. The predicted octanol–water partition coefficient (Wildman–Crippen LogP) is -5.61. The maximum Gasteiger partial charge on any atom is 1.00 e. The smallest absolute Gasteiger partial charge is 0.554 e. The van der Waals surface area contributed by atoms with Gasteiger partial charge < -0.3 is 21.4 Å². The first-order valence-electron chi connectivity index (χ1n) is 1.25. The number of urea groups is 1. The SMILES string of the molecule is NC(N)=O.O=C[O-].[Na+]. The summed E-state index contributed by atoms with van der Waals surface area (Å²) in [6.07, 6.45) is 0. The van der Waals surface area contributed by atoms with Gasteiger partial charge in [0.25, 0.3) is 0 Å². The summed E-state index contributed by atoms with van der Waals surface area (Å²) in [4.78, 5) is 17.2. The average molecular weight is 128 g/mol. The number of rotatable bonds is 0. The summed E-state index contributed by atoms with van der Waals surface area (Å²) in [6.45, 7) is -0.500. The molecule has 0 rings (SSSR count). The van der Waals surface area contributed by atoms with E-state index < -0.39 is 12.5 Å². The third-order valence-corrected chi connectivity index (χ3v) is 0. The van der Waals surface area contributed by atoms with E-state index in [1.54, 1.807) is 0 Å². The number of nitrogens with two attached hydrogens (primary N) is 2. The van der Waals surface area contributed by atoms with Crippen LogP contribution in [0.1, 0.15) is 0 Å². The molecule has 0 spiro atoms. The minimum absolute atomic E-state index is 0. The van der Waals surface area contributed by atoms with Crippen LogP contribution in [0, 0.1) is 0 Å². The second-order valence-electron chi connectivity index (χ2n) is 0.499. The van der Waals surface area contributed by atoms with Crippen molar-refractivity contribution >= 4 is 12.5 Å². The number of carboxylic acid groups (broad SMARTS) is 1. The van der Waals surface area contributed by atoms with E-state index in [0.29, 0.717) is 0 Å². The summed E-state index contributed by atoms with van der Waals surface area (Å²) in [7, 11) is 0. The van der Waals surface area contributed by atoms with Gasteiger partial charge in [0, 0.05) is 6.47 Å². The Morgan fingerprint density at radius 2 is 1.50 bits per heavy atom. The summed E-state index contributed by atoms with van der Waals surface area (Å²) >= 11 is 0. The maximum atomic E-state index is 9.00. The van der Waals surface area contributed by atoms with Gasteiger partial charge in [-0.15, -0.1) is 0 Å².